The Kier molecular flexibility index (Phi) is 3.62. The third-order valence-electron chi connectivity index (χ3n) is 3.16. The molecule has 0 saturated carbocycles. The molecule has 0 unspecified atom stereocenters. The van der Waals surface area contributed by atoms with Crippen molar-refractivity contribution in [1.82, 2.24) is 0 Å². The second kappa shape index (κ2) is 5.17. The van der Waals surface area contributed by atoms with Crippen molar-refractivity contribution in [3.63, 3.8) is 0 Å². The fourth-order valence-electron chi connectivity index (χ4n) is 2.06. The van der Waals surface area contributed by atoms with Crippen molar-refractivity contribution in [2.75, 3.05) is 0 Å². The van der Waals surface area contributed by atoms with Crippen LogP contribution in [0.25, 0.3) is 5.57 Å². The van der Waals surface area contributed by atoms with Crippen LogP contribution in [0.4, 0.5) is 0 Å². The van der Waals surface area contributed by atoms with E-state index >= 15 is 0 Å². The fraction of sp³-hybridized carbons (Fsp3) is 0.400. The molecule has 0 spiro atoms. The van der Waals surface area contributed by atoms with Gasteiger partial charge in [-0.25, -0.2) is 0 Å². The van der Waals surface area contributed by atoms with Gasteiger partial charge < -0.3 is 4.74 Å². The first kappa shape index (κ1) is 11.9. The molecule has 2 heteroatoms. The quantitative estimate of drug-likeness (QED) is 0.736. The molecule has 0 radical (unpaired) electrons. The molecule has 90 valence electrons. The monoisotopic (exact) mass is 230 g/mol. The molecule has 1 saturated heterocycles. The highest BCUT2D eigenvalue weighted by Gasteiger charge is 2.35. The lowest BCUT2D eigenvalue weighted by molar-refractivity contribution is -0.155. The summed E-state index contributed by atoms with van der Waals surface area (Å²) in [6.45, 7) is 4.08. The predicted octanol–water partition coefficient (Wildman–Crippen LogP) is 3.78. The van der Waals surface area contributed by atoms with E-state index in [2.05, 4.69) is 19.1 Å². The van der Waals surface area contributed by atoms with Crippen LogP contribution in [0.15, 0.2) is 36.1 Å². The van der Waals surface area contributed by atoms with Crippen LogP contribution in [0.2, 0.25) is 0 Å². The van der Waals surface area contributed by atoms with E-state index in [0.29, 0.717) is 0 Å². The maximum Gasteiger partial charge on any atom is 0.321 e. The van der Waals surface area contributed by atoms with Gasteiger partial charge in [-0.3, -0.25) is 4.79 Å². The summed E-state index contributed by atoms with van der Waals surface area (Å²) in [4.78, 5) is 11.2. The summed E-state index contributed by atoms with van der Waals surface area (Å²) in [7, 11) is 0. The summed E-state index contributed by atoms with van der Waals surface area (Å²) in [5.41, 5.74) is 2.37. The molecule has 2 rings (SSSR count). The van der Waals surface area contributed by atoms with Gasteiger partial charge in [-0.05, 0) is 30.9 Å². The molecule has 2 nitrogen and oxygen atoms in total. The Balaban J connectivity index is 2.29. The summed E-state index contributed by atoms with van der Waals surface area (Å²) in [6.07, 6.45) is 3.25. The average Bonchev–Trinajstić information content (AvgIpc) is 2.39. The van der Waals surface area contributed by atoms with E-state index in [0.717, 1.165) is 25.0 Å². The normalized spacial score (nSPS) is 21.8. The van der Waals surface area contributed by atoms with Crippen molar-refractivity contribution in [2.24, 2.45) is 5.92 Å². The van der Waals surface area contributed by atoms with Gasteiger partial charge in [0.25, 0.3) is 0 Å². The van der Waals surface area contributed by atoms with Crippen molar-refractivity contribution >= 4 is 11.5 Å². The van der Waals surface area contributed by atoms with Crippen LogP contribution in [0, 0.1) is 5.92 Å². The van der Waals surface area contributed by atoms with Crippen LogP contribution in [0.1, 0.15) is 38.7 Å². The van der Waals surface area contributed by atoms with Gasteiger partial charge in [0, 0.05) is 0 Å². The maximum atomic E-state index is 11.2. The van der Waals surface area contributed by atoms with E-state index in [9.17, 15) is 4.79 Å². The van der Waals surface area contributed by atoms with E-state index < -0.39 is 0 Å². The Hall–Kier alpha value is -1.57. The molecule has 0 aliphatic carbocycles. The summed E-state index contributed by atoms with van der Waals surface area (Å²) in [6, 6.07) is 10.2. The number of carbonyl (C=O) groups excluding carboxylic acids is 1. The van der Waals surface area contributed by atoms with E-state index in [4.69, 9.17) is 4.74 Å². The Morgan fingerprint density at radius 3 is 2.53 bits per heavy atom. The first-order chi connectivity index (χ1) is 8.24. The number of carbonyl (C=O) groups is 1. The summed E-state index contributed by atoms with van der Waals surface area (Å²) in [5.74, 6) is 0.696. The Morgan fingerprint density at radius 1 is 1.29 bits per heavy atom. The first-order valence-electron chi connectivity index (χ1n) is 6.24. The number of unbranched alkanes of at least 4 members (excludes halogenated alkanes) is 1. The van der Waals surface area contributed by atoms with Gasteiger partial charge in [0.1, 0.15) is 11.7 Å². The van der Waals surface area contributed by atoms with Gasteiger partial charge in [-0.2, -0.15) is 0 Å². The van der Waals surface area contributed by atoms with Gasteiger partial charge >= 0.3 is 5.97 Å². The SMILES string of the molecule is CCCC/C(=C1\OC(=O)[C@@H]1C)c1ccccc1. The van der Waals surface area contributed by atoms with Crippen LogP contribution in [-0.2, 0) is 9.53 Å². The molecule has 1 aliphatic heterocycles. The molecule has 1 aromatic carbocycles. The lowest BCUT2D eigenvalue weighted by Crippen LogP contribution is -2.30. The van der Waals surface area contributed by atoms with Crippen molar-refractivity contribution in [3.8, 4) is 0 Å². The Morgan fingerprint density at radius 2 is 2.00 bits per heavy atom. The van der Waals surface area contributed by atoms with E-state index in [-0.39, 0.29) is 11.9 Å². The standard InChI is InChI=1S/C15H18O2/c1-3-4-10-13(12-8-6-5-7-9-12)14-11(2)15(16)17-14/h5-9,11H,3-4,10H2,1-2H3/b14-13+/t11-/m1/s1. The van der Waals surface area contributed by atoms with Gasteiger partial charge in [0.05, 0.1) is 0 Å². The third-order valence-corrected chi connectivity index (χ3v) is 3.16. The highest BCUT2D eigenvalue weighted by Crippen LogP contribution is 2.36. The Labute approximate surface area is 102 Å². The maximum absolute atomic E-state index is 11.2. The highest BCUT2D eigenvalue weighted by molar-refractivity contribution is 5.88. The minimum Gasteiger partial charge on any atom is -0.429 e. The predicted molar refractivity (Wildman–Crippen MR) is 68.1 cm³/mol. The fourth-order valence-corrected chi connectivity index (χ4v) is 2.06. The van der Waals surface area contributed by atoms with Gasteiger partial charge in [-0.15, -0.1) is 0 Å². The van der Waals surface area contributed by atoms with Gasteiger partial charge in [-0.1, -0.05) is 43.7 Å². The first-order valence-corrected chi connectivity index (χ1v) is 6.24. The number of esters is 1. The largest absolute Gasteiger partial charge is 0.429 e. The van der Waals surface area contributed by atoms with Crippen LogP contribution in [0.3, 0.4) is 0 Å². The van der Waals surface area contributed by atoms with Gasteiger partial charge in [0.15, 0.2) is 0 Å². The number of ether oxygens (including phenoxy) is 1. The van der Waals surface area contributed by atoms with Crippen molar-refractivity contribution in [3.05, 3.63) is 41.7 Å². The number of hydrogen-bond donors (Lipinski definition) is 0. The molecule has 0 bridgehead atoms. The minimum absolute atomic E-state index is 0.0675. The molecule has 0 amide bonds. The zero-order valence-electron chi connectivity index (χ0n) is 10.4. The van der Waals surface area contributed by atoms with E-state index in [1.54, 1.807) is 0 Å². The topological polar surface area (TPSA) is 26.3 Å². The number of allylic oxidation sites excluding steroid dienone is 1. The molecule has 17 heavy (non-hydrogen) atoms. The molecule has 1 aromatic rings. The van der Waals surface area contributed by atoms with Crippen LogP contribution >= 0.6 is 0 Å². The Bertz CT molecular complexity index is 431. The highest BCUT2D eigenvalue weighted by atomic mass is 16.6. The van der Waals surface area contributed by atoms with Crippen molar-refractivity contribution in [1.29, 1.82) is 0 Å². The van der Waals surface area contributed by atoms with Crippen LogP contribution < -0.4 is 0 Å². The summed E-state index contributed by atoms with van der Waals surface area (Å²) >= 11 is 0. The summed E-state index contributed by atoms with van der Waals surface area (Å²) in [5, 5.41) is 0. The van der Waals surface area contributed by atoms with E-state index in [1.165, 1.54) is 11.1 Å². The summed E-state index contributed by atoms with van der Waals surface area (Å²) < 4.78 is 5.21. The van der Waals surface area contributed by atoms with Crippen molar-refractivity contribution < 1.29 is 9.53 Å². The molecule has 1 heterocycles. The van der Waals surface area contributed by atoms with Crippen LogP contribution in [0.5, 0.6) is 0 Å². The van der Waals surface area contributed by atoms with E-state index in [1.807, 2.05) is 25.1 Å². The second-order valence-corrected chi connectivity index (χ2v) is 4.46. The molecule has 1 fully saturated rings. The van der Waals surface area contributed by atoms with Crippen LogP contribution in [-0.4, -0.2) is 5.97 Å². The van der Waals surface area contributed by atoms with Gasteiger partial charge in [0.2, 0.25) is 0 Å². The molecule has 1 atom stereocenters. The molecule has 0 N–H and O–H groups in total. The average molecular weight is 230 g/mol. The molecule has 1 aliphatic rings. The number of hydrogen-bond acceptors (Lipinski definition) is 2. The third kappa shape index (κ3) is 2.41. The molecular weight excluding hydrogens is 212 g/mol. The second-order valence-electron chi connectivity index (χ2n) is 4.46. The lowest BCUT2D eigenvalue weighted by atomic mass is 9.92. The molecule has 0 aromatic heterocycles. The lowest BCUT2D eigenvalue weighted by Gasteiger charge is -2.28. The molecular formula is C15H18O2. The number of cyclic esters (lactones) is 1. The number of rotatable bonds is 4. The zero-order valence-corrected chi connectivity index (χ0v) is 10.4. The van der Waals surface area contributed by atoms with Crippen molar-refractivity contribution in [2.45, 2.75) is 33.1 Å². The minimum atomic E-state index is -0.107. The zero-order chi connectivity index (χ0) is 12.3. The number of benzene rings is 1. The smallest absolute Gasteiger partial charge is 0.321 e.